The van der Waals surface area contributed by atoms with Crippen LogP contribution < -0.4 is 4.74 Å². The largest absolute Gasteiger partial charge is 0.494 e. The number of fused-ring (bicyclic) bond motifs is 1. The molecule has 0 radical (unpaired) electrons. The lowest BCUT2D eigenvalue weighted by Crippen LogP contribution is -2.07. The van der Waals surface area contributed by atoms with Crippen molar-refractivity contribution in [2.75, 3.05) is 7.11 Å². The summed E-state index contributed by atoms with van der Waals surface area (Å²) in [4.78, 5) is 0. The molecule has 0 amide bonds. The SMILES string of the molecule is COc1cccc(C(O)C2C3CCCC32)c1F. The monoisotopic (exact) mass is 236 g/mol. The molecule has 3 rings (SSSR count). The first-order valence-electron chi connectivity index (χ1n) is 6.24. The molecule has 0 heterocycles. The Morgan fingerprint density at radius 1 is 1.35 bits per heavy atom. The first kappa shape index (κ1) is 11.0. The maximum absolute atomic E-state index is 14.0. The van der Waals surface area contributed by atoms with Gasteiger partial charge >= 0.3 is 0 Å². The van der Waals surface area contributed by atoms with Crippen LogP contribution in [-0.4, -0.2) is 12.2 Å². The second kappa shape index (κ2) is 3.98. The Kier molecular flexibility index (Phi) is 2.58. The summed E-state index contributed by atoms with van der Waals surface area (Å²) in [5, 5.41) is 10.3. The number of aliphatic hydroxyl groups is 1. The van der Waals surface area contributed by atoms with Crippen molar-refractivity contribution < 1.29 is 14.2 Å². The van der Waals surface area contributed by atoms with E-state index in [-0.39, 0.29) is 11.7 Å². The maximum atomic E-state index is 14.0. The van der Waals surface area contributed by atoms with Crippen LogP contribution in [0.2, 0.25) is 0 Å². The summed E-state index contributed by atoms with van der Waals surface area (Å²) in [7, 11) is 1.44. The molecule has 1 aromatic carbocycles. The quantitative estimate of drug-likeness (QED) is 0.874. The lowest BCUT2D eigenvalue weighted by Gasteiger charge is -2.15. The zero-order chi connectivity index (χ0) is 12.0. The predicted molar refractivity (Wildman–Crippen MR) is 62.2 cm³/mol. The minimum Gasteiger partial charge on any atom is -0.494 e. The molecule has 0 spiro atoms. The van der Waals surface area contributed by atoms with Gasteiger partial charge in [0.25, 0.3) is 0 Å². The van der Waals surface area contributed by atoms with Crippen molar-refractivity contribution in [2.24, 2.45) is 17.8 Å². The van der Waals surface area contributed by atoms with Gasteiger partial charge in [0.05, 0.1) is 13.2 Å². The van der Waals surface area contributed by atoms with E-state index in [1.807, 2.05) is 0 Å². The summed E-state index contributed by atoms with van der Waals surface area (Å²) < 4.78 is 18.9. The highest BCUT2D eigenvalue weighted by Gasteiger charge is 2.56. The second-order valence-electron chi connectivity index (χ2n) is 5.14. The van der Waals surface area contributed by atoms with E-state index >= 15 is 0 Å². The minimum absolute atomic E-state index is 0.215. The van der Waals surface area contributed by atoms with Crippen LogP contribution in [0.4, 0.5) is 4.39 Å². The molecule has 1 aromatic rings. The van der Waals surface area contributed by atoms with Crippen LogP contribution in [0, 0.1) is 23.6 Å². The summed E-state index contributed by atoms with van der Waals surface area (Å²) in [6.07, 6.45) is 2.98. The Balaban J connectivity index is 1.84. The molecule has 2 nitrogen and oxygen atoms in total. The topological polar surface area (TPSA) is 29.5 Å². The van der Waals surface area contributed by atoms with Crippen LogP contribution in [0.15, 0.2) is 18.2 Å². The molecular formula is C14H17FO2. The summed E-state index contributed by atoms with van der Waals surface area (Å²) in [5.41, 5.74) is 0.392. The normalized spacial score (nSPS) is 32.1. The number of ether oxygens (including phenoxy) is 1. The van der Waals surface area contributed by atoms with Crippen molar-refractivity contribution in [3.8, 4) is 5.75 Å². The smallest absolute Gasteiger partial charge is 0.170 e. The van der Waals surface area contributed by atoms with Gasteiger partial charge in [-0.2, -0.15) is 0 Å². The number of hydrogen-bond donors (Lipinski definition) is 1. The van der Waals surface area contributed by atoms with Gasteiger partial charge in [0.2, 0.25) is 0 Å². The molecular weight excluding hydrogens is 219 g/mol. The van der Waals surface area contributed by atoms with E-state index in [2.05, 4.69) is 0 Å². The predicted octanol–water partition coefficient (Wildman–Crippen LogP) is 2.91. The summed E-state index contributed by atoms with van der Waals surface area (Å²) >= 11 is 0. The molecule has 3 heteroatoms. The van der Waals surface area contributed by atoms with Gasteiger partial charge in [-0.3, -0.25) is 0 Å². The number of aliphatic hydroxyl groups excluding tert-OH is 1. The van der Waals surface area contributed by atoms with E-state index in [9.17, 15) is 9.50 Å². The Morgan fingerprint density at radius 2 is 2.06 bits per heavy atom. The van der Waals surface area contributed by atoms with Gasteiger partial charge in [0.1, 0.15) is 0 Å². The average Bonchev–Trinajstić information content (AvgIpc) is 2.82. The standard InChI is InChI=1S/C14H17FO2/c1-17-11-7-3-6-10(13(11)15)14(16)12-8-4-2-5-9(8)12/h3,6-9,12,14,16H,2,4-5H2,1H3. The third-order valence-corrected chi connectivity index (χ3v) is 4.37. The van der Waals surface area contributed by atoms with Crippen molar-refractivity contribution >= 4 is 0 Å². The Bertz CT molecular complexity index is 422. The van der Waals surface area contributed by atoms with E-state index < -0.39 is 11.9 Å². The van der Waals surface area contributed by atoms with E-state index in [0.717, 1.165) is 0 Å². The molecule has 1 N–H and O–H groups in total. The Hall–Kier alpha value is -1.09. The third kappa shape index (κ3) is 1.64. The highest BCUT2D eigenvalue weighted by Crippen LogP contribution is 2.62. The van der Waals surface area contributed by atoms with Gasteiger partial charge in [0, 0.05) is 5.56 Å². The molecule has 3 atom stereocenters. The van der Waals surface area contributed by atoms with Crippen molar-refractivity contribution in [1.82, 2.24) is 0 Å². The summed E-state index contributed by atoms with van der Waals surface area (Å²) in [6, 6.07) is 4.98. The fraction of sp³-hybridized carbons (Fsp3) is 0.571. The molecule has 92 valence electrons. The lowest BCUT2D eigenvalue weighted by molar-refractivity contribution is 0.132. The van der Waals surface area contributed by atoms with E-state index in [1.165, 1.54) is 26.4 Å². The van der Waals surface area contributed by atoms with Crippen molar-refractivity contribution in [3.05, 3.63) is 29.6 Å². The minimum atomic E-state index is -0.666. The highest BCUT2D eigenvalue weighted by atomic mass is 19.1. The number of halogens is 1. The molecule has 3 unspecified atom stereocenters. The number of hydrogen-bond acceptors (Lipinski definition) is 2. The molecule has 0 aliphatic heterocycles. The van der Waals surface area contributed by atoms with Crippen molar-refractivity contribution in [3.63, 3.8) is 0 Å². The maximum Gasteiger partial charge on any atom is 0.170 e. The first-order valence-corrected chi connectivity index (χ1v) is 6.24. The molecule has 2 aliphatic rings. The van der Waals surface area contributed by atoms with Crippen LogP contribution in [0.5, 0.6) is 5.75 Å². The van der Waals surface area contributed by atoms with Crippen molar-refractivity contribution in [2.45, 2.75) is 25.4 Å². The van der Waals surface area contributed by atoms with Gasteiger partial charge in [0.15, 0.2) is 11.6 Å². The van der Waals surface area contributed by atoms with Gasteiger partial charge in [-0.05, 0) is 36.7 Å². The number of methoxy groups -OCH3 is 1. The zero-order valence-corrected chi connectivity index (χ0v) is 9.90. The molecule has 2 fully saturated rings. The van der Waals surface area contributed by atoms with Crippen LogP contribution >= 0.6 is 0 Å². The summed E-state index contributed by atoms with van der Waals surface area (Å²) in [5.74, 6) is 1.32. The van der Waals surface area contributed by atoms with Gasteiger partial charge < -0.3 is 9.84 Å². The fourth-order valence-electron chi connectivity index (χ4n) is 3.47. The van der Waals surface area contributed by atoms with Crippen molar-refractivity contribution in [1.29, 1.82) is 0 Å². The van der Waals surface area contributed by atoms with Crippen LogP contribution in [-0.2, 0) is 0 Å². The lowest BCUT2D eigenvalue weighted by atomic mass is 9.99. The molecule has 17 heavy (non-hydrogen) atoms. The molecule has 0 saturated heterocycles. The second-order valence-corrected chi connectivity index (χ2v) is 5.14. The van der Waals surface area contributed by atoms with Gasteiger partial charge in [-0.1, -0.05) is 18.6 Å². The molecule has 0 bridgehead atoms. The fourth-order valence-corrected chi connectivity index (χ4v) is 3.47. The number of rotatable bonds is 3. The van der Waals surface area contributed by atoms with Gasteiger partial charge in [-0.15, -0.1) is 0 Å². The van der Waals surface area contributed by atoms with Crippen LogP contribution in [0.3, 0.4) is 0 Å². The molecule has 0 aromatic heterocycles. The third-order valence-electron chi connectivity index (χ3n) is 4.37. The average molecular weight is 236 g/mol. The van der Waals surface area contributed by atoms with E-state index in [0.29, 0.717) is 17.4 Å². The zero-order valence-electron chi connectivity index (χ0n) is 9.90. The Labute approximate surface area is 100 Å². The number of benzene rings is 1. The highest BCUT2D eigenvalue weighted by molar-refractivity contribution is 5.33. The molecule has 2 saturated carbocycles. The van der Waals surface area contributed by atoms with E-state index in [4.69, 9.17) is 4.74 Å². The van der Waals surface area contributed by atoms with Crippen LogP contribution in [0.1, 0.15) is 30.9 Å². The van der Waals surface area contributed by atoms with E-state index in [1.54, 1.807) is 18.2 Å². The van der Waals surface area contributed by atoms with Crippen LogP contribution in [0.25, 0.3) is 0 Å². The first-order chi connectivity index (χ1) is 8.24. The van der Waals surface area contributed by atoms with Gasteiger partial charge in [-0.25, -0.2) is 4.39 Å². The molecule has 2 aliphatic carbocycles. The summed E-state index contributed by atoms with van der Waals surface area (Å²) in [6.45, 7) is 0. The Morgan fingerprint density at radius 3 is 2.71 bits per heavy atom.